The van der Waals surface area contributed by atoms with Crippen LogP contribution >= 0.6 is 0 Å². The van der Waals surface area contributed by atoms with Crippen molar-refractivity contribution in [3.8, 4) is 0 Å². The third kappa shape index (κ3) is 6.98. The Bertz CT molecular complexity index is 160. The van der Waals surface area contributed by atoms with Crippen LogP contribution in [0.25, 0.3) is 0 Å². The van der Waals surface area contributed by atoms with E-state index in [1.54, 1.807) is 0 Å². The standard InChI is InChI=1S/C11H29NO4Si2/c1-6-11-12(17(13-7-2)14-8-3)18(15-9-4)16-10-5/h17-18H,6-11H2,1-5H3. The number of rotatable bonds is 12. The zero-order valence-electron chi connectivity index (χ0n) is 12.5. The second kappa shape index (κ2) is 12.3. The summed E-state index contributed by atoms with van der Waals surface area (Å²) >= 11 is 0. The van der Waals surface area contributed by atoms with E-state index >= 15 is 0 Å². The number of hydrogen-bond donors (Lipinski definition) is 0. The van der Waals surface area contributed by atoms with Crippen molar-refractivity contribution >= 4 is 18.9 Å². The van der Waals surface area contributed by atoms with Crippen molar-refractivity contribution in [2.24, 2.45) is 0 Å². The van der Waals surface area contributed by atoms with Crippen molar-refractivity contribution in [3.05, 3.63) is 0 Å². The van der Waals surface area contributed by atoms with Gasteiger partial charge in [-0.15, -0.1) is 0 Å². The minimum Gasteiger partial charge on any atom is -0.385 e. The molecular weight excluding hydrogens is 266 g/mol. The first kappa shape index (κ1) is 18.2. The summed E-state index contributed by atoms with van der Waals surface area (Å²) in [5.74, 6) is 0. The summed E-state index contributed by atoms with van der Waals surface area (Å²) in [7, 11) is -3.68. The first-order valence-electron chi connectivity index (χ1n) is 6.97. The SMILES string of the molecule is CCCN([SiH](OCC)OCC)[SiH](OCC)OCC. The summed E-state index contributed by atoms with van der Waals surface area (Å²) in [5, 5.41) is 0. The van der Waals surface area contributed by atoms with Gasteiger partial charge in [0.2, 0.25) is 0 Å². The highest BCUT2D eigenvalue weighted by molar-refractivity contribution is 6.59. The molecule has 0 spiro atoms. The molecule has 0 amide bonds. The Hall–Kier alpha value is 0.234. The molecule has 0 aliphatic heterocycles. The molecule has 18 heavy (non-hydrogen) atoms. The van der Waals surface area contributed by atoms with E-state index in [9.17, 15) is 0 Å². The molecule has 0 N–H and O–H groups in total. The molecule has 5 nitrogen and oxygen atoms in total. The lowest BCUT2D eigenvalue weighted by molar-refractivity contribution is 0.133. The monoisotopic (exact) mass is 295 g/mol. The van der Waals surface area contributed by atoms with Gasteiger partial charge in [0.15, 0.2) is 0 Å². The van der Waals surface area contributed by atoms with Gasteiger partial charge >= 0.3 is 18.9 Å². The molecular formula is C11H29NO4Si2. The highest BCUT2D eigenvalue weighted by Gasteiger charge is 2.33. The summed E-state index contributed by atoms with van der Waals surface area (Å²) in [6.07, 6.45) is 1.05. The highest BCUT2D eigenvalue weighted by Crippen LogP contribution is 2.07. The largest absolute Gasteiger partial charge is 0.407 e. The zero-order chi connectivity index (χ0) is 13.8. The van der Waals surface area contributed by atoms with Crippen LogP contribution in [0.1, 0.15) is 41.0 Å². The fraction of sp³-hybridized carbons (Fsp3) is 1.00. The lowest BCUT2D eigenvalue weighted by Gasteiger charge is -2.33. The maximum Gasteiger partial charge on any atom is 0.407 e. The third-order valence-electron chi connectivity index (χ3n) is 2.26. The Morgan fingerprint density at radius 1 is 0.667 bits per heavy atom. The minimum absolute atomic E-state index is 0.677. The van der Waals surface area contributed by atoms with Crippen LogP contribution in [0.3, 0.4) is 0 Å². The van der Waals surface area contributed by atoms with E-state index in [0.29, 0.717) is 26.4 Å². The zero-order valence-corrected chi connectivity index (χ0v) is 14.8. The summed E-state index contributed by atoms with van der Waals surface area (Å²) in [6, 6.07) is 0. The second-order valence-electron chi connectivity index (χ2n) is 3.67. The average Bonchev–Trinajstić information content (AvgIpc) is 2.36. The molecule has 0 fully saturated rings. The highest BCUT2D eigenvalue weighted by atomic mass is 28.4. The molecule has 0 aliphatic carbocycles. The number of hydrogen-bond acceptors (Lipinski definition) is 5. The predicted molar refractivity (Wildman–Crippen MR) is 77.8 cm³/mol. The molecule has 0 aromatic carbocycles. The molecule has 0 unspecified atom stereocenters. The van der Waals surface area contributed by atoms with E-state index in [2.05, 4.69) is 11.2 Å². The molecule has 0 aromatic heterocycles. The van der Waals surface area contributed by atoms with E-state index < -0.39 is 18.9 Å². The Balaban J connectivity index is 4.69. The van der Waals surface area contributed by atoms with Crippen molar-refractivity contribution in [1.29, 1.82) is 0 Å². The Morgan fingerprint density at radius 3 is 1.22 bits per heavy atom. The Kier molecular flexibility index (Phi) is 12.4. The summed E-state index contributed by atoms with van der Waals surface area (Å²) in [4.78, 5) is 0. The first-order valence-corrected chi connectivity index (χ1v) is 9.88. The smallest absolute Gasteiger partial charge is 0.385 e. The molecule has 0 aromatic rings. The van der Waals surface area contributed by atoms with Gasteiger partial charge in [-0.05, 0) is 40.7 Å². The fourth-order valence-corrected chi connectivity index (χ4v) is 6.48. The van der Waals surface area contributed by atoms with Crippen LogP contribution in [-0.2, 0) is 17.7 Å². The van der Waals surface area contributed by atoms with E-state index in [0.717, 1.165) is 13.0 Å². The molecule has 0 saturated heterocycles. The predicted octanol–water partition coefficient (Wildman–Crippen LogP) is 1.28. The molecule has 0 rings (SSSR count). The maximum absolute atomic E-state index is 5.79. The van der Waals surface area contributed by atoms with Crippen molar-refractivity contribution in [2.75, 3.05) is 33.0 Å². The van der Waals surface area contributed by atoms with Crippen LogP contribution in [0.2, 0.25) is 0 Å². The van der Waals surface area contributed by atoms with Crippen molar-refractivity contribution < 1.29 is 17.7 Å². The Morgan fingerprint density at radius 2 is 1.00 bits per heavy atom. The summed E-state index contributed by atoms with van der Waals surface area (Å²) in [5.41, 5.74) is 0. The van der Waals surface area contributed by atoms with Gasteiger partial charge < -0.3 is 17.7 Å². The van der Waals surface area contributed by atoms with Gasteiger partial charge in [-0.1, -0.05) is 6.92 Å². The summed E-state index contributed by atoms with van der Waals surface area (Å²) in [6.45, 7) is 13.8. The quantitative estimate of drug-likeness (QED) is 0.507. The molecule has 7 heteroatoms. The van der Waals surface area contributed by atoms with Gasteiger partial charge in [-0.2, -0.15) is 0 Å². The third-order valence-corrected chi connectivity index (χ3v) is 7.79. The molecule has 0 atom stereocenters. The number of nitrogens with zero attached hydrogens (tertiary/aromatic N) is 1. The molecule has 0 radical (unpaired) electrons. The van der Waals surface area contributed by atoms with Gasteiger partial charge in [0.25, 0.3) is 0 Å². The summed E-state index contributed by atoms with van der Waals surface area (Å²) < 4.78 is 25.4. The Labute approximate surface area is 115 Å². The lowest BCUT2D eigenvalue weighted by atomic mass is 10.5. The van der Waals surface area contributed by atoms with Crippen LogP contribution in [0.4, 0.5) is 0 Å². The van der Waals surface area contributed by atoms with Gasteiger partial charge in [0, 0.05) is 26.4 Å². The van der Waals surface area contributed by atoms with E-state index in [1.807, 2.05) is 27.7 Å². The molecule has 0 bridgehead atoms. The van der Waals surface area contributed by atoms with Gasteiger partial charge in [-0.3, -0.25) is 4.23 Å². The van der Waals surface area contributed by atoms with Gasteiger partial charge in [-0.25, -0.2) is 0 Å². The fourth-order valence-electron chi connectivity index (χ4n) is 1.62. The lowest BCUT2D eigenvalue weighted by Crippen LogP contribution is -2.55. The maximum atomic E-state index is 5.79. The molecule has 0 heterocycles. The van der Waals surface area contributed by atoms with Crippen molar-refractivity contribution in [1.82, 2.24) is 4.23 Å². The van der Waals surface area contributed by atoms with Crippen LogP contribution in [-0.4, -0.2) is 56.1 Å². The van der Waals surface area contributed by atoms with Gasteiger partial charge in [0.1, 0.15) is 0 Å². The van der Waals surface area contributed by atoms with Crippen LogP contribution in [0.5, 0.6) is 0 Å². The topological polar surface area (TPSA) is 40.2 Å². The minimum atomic E-state index is -1.84. The van der Waals surface area contributed by atoms with E-state index in [-0.39, 0.29) is 0 Å². The molecule has 0 saturated carbocycles. The van der Waals surface area contributed by atoms with E-state index in [4.69, 9.17) is 17.7 Å². The van der Waals surface area contributed by atoms with Crippen LogP contribution in [0.15, 0.2) is 0 Å². The van der Waals surface area contributed by atoms with Crippen molar-refractivity contribution in [2.45, 2.75) is 41.0 Å². The second-order valence-corrected chi connectivity index (χ2v) is 8.16. The van der Waals surface area contributed by atoms with Crippen LogP contribution in [0, 0.1) is 0 Å². The molecule has 110 valence electrons. The average molecular weight is 296 g/mol. The van der Waals surface area contributed by atoms with Crippen molar-refractivity contribution in [3.63, 3.8) is 0 Å². The van der Waals surface area contributed by atoms with E-state index in [1.165, 1.54) is 0 Å². The first-order chi connectivity index (χ1) is 8.74. The molecule has 0 aliphatic rings. The van der Waals surface area contributed by atoms with Crippen LogP contribution < -0.4 is 0 Å². The van der Waals surface area contributed by atoms with Gasteiger partial charge in [0.05, 0.1) is 0 Å². The normalized spacial score (nSPS) is 12.0.